The molecule has 0 aliphatic rings. The van der Waals surface area contributed by atoms with Crippen molar-refractivity contribution in [2.24, 2.45) is 0 Å². The Balaban J connectivity index is 2.37. The van der Waals surface area contributed by atoms with E-state index in [0.717, 1.165) is 12.1 Å². The Morgan fingerprint density at radius 3 is 1.84 bits per heavy atom. The molecule has 0 saturated carbocycles. The van der Waals surface area contributed by atoms with Crippen LogP contribution in [0.3, 0.4) is 0 Å². The predicted molar refractivity (Wildman–Crippen MR) is 89.2 cm³/mol. The van der Waals surface area contributed by atoms with Gasteiger partial charge in [-0.3, -0.25) is 29.8 Å². The largest absolute Gasteiger partial charge is 0.322 e. The Morgan fingerprint density at radius 1 is 0.960 bits per heavy atom. The molecule has 1 N–H and O–H groups in total. The number of halogens is 1. The summed E-state index contributed by atoms with van der Waals surface area (Å²) in [5.41, 5.74) is -1.02. The minimum absolute atomic E-state index is 0.151. The normalized spacial score (nSPS) is 10.2. The summed E-state index contributed by atoms with van der Waals surface area (Å²) in [7, 11) is 0. The third-order valence-electron chi connectivity index (χ3n) is 3.24. The summed E-state index contributed by atoms with van der Waals surface area (Å²) >= 11 is 5.64. The molecule has 25 heavy (non-hydrogen) atoms. The topological polar surface area (TPSA) is 132 Å². The van der Waals surface area contributed by atoms with Crippen LogP contribution in [0.25, 0.3) is 0 Å². The summed E-state index contributed by atoms with van der Waals surface area (Å²) in [6, 6.07) is 7.62. The summed E-state index contributed by atoms with van der Waals surface area (Å²) < 4.78 is 0. The third kappa shape index (κ3) is 3.96. The number of nitro groups is 2. The molecule has 0 atom stereocenters. The van der Waals surface area contributed by atoms with Crippen LogP contribution in [0, 0.1) is 20.2 Å². The highest BCUT2D eigenvalue weighted by molar-refractivity contribution is 6.35. The molecular formula is C15H10ClN3O6. The van der Waals surface area contributed by atoms with Crippen LogP contribution in [-0.4, -0.2) is 21.5 Å². The fourth-order valence-electron chi connectivity index (χ4n) is 1.98. The van der Waals surface area contributed by atoms with Gasteiger partial charge in [0.2, 0.25) is 0 Å². The van der Waals surface area contributed by atoms with E-state index in [1.54, 1.807) is 0 Å². The second kappa shape index (κ2) is 7.05. The first-order valence-electron chi connectivity index (χ1n) is 6.75. The van der Waals surface area contributed by atoms with Gasteiger partial charge in [0, 0.05) is 23.4 Å². The van der Waals surface area contributed by atoms with Crippen molar-refractivity contribution >= 4 is 40.4 Å². The maximum absolute atomic E-state index is 12.2. The van der Waals surface area contributed by atoms with E-state index in [1.165, 1.54) is 31.2 Å². The van der Waals surface area contributed by atoms with Crippen LogP contribution in [-0.2, 0) is 0 Å². The standard InChI is InChI=1S/C15H10ClN3O6/c1-8(20)9-2-4-11(5-3-9)17-15(21)10-6-12(18(22)23)14(16)13(7-10)19(24)25/h2-7H,1H3,(H,17,21). The van der Waals surface area contributed by atoms with E-state index in [9.17, 15) is 29.8 Å². The number of amides is 1. The molecule has 0 bridgehead atoms. The lowest BCUT2D eigenvalue weighted by Crippen LogP contribution is -2.13. The lowest BCUT2D eigenvalue weighted by atomic mass is 10.1. The van der Waals surface area contributed by atoms with Gasteiger partial charge < -0.3 is 5.32 Å². The lowest BCUT2D eigenvalue weighted by molar-refractivity contribution is -0.393. The molecule has 0 aromatic heterocycles. The van der Waals surface area contributed by atoms with E-state index in [-0.39, 0.29) is 11.3 Å². The molecule has 0 radical (unpaired) electrons. The smallest absolute Gasteiger partial charge is 0.295 e. The highest BCUT2D eigenvalue weighted by Gasteiger charge is 2.27. The van der Waals surface area contributed by atoms with Crippen LogP contribution < -0.4 is 5.32 Å². The first-order chi connectivity index (χ1) is 11.7. The zero-order chi connectivity index (χ0) is 18.7. The minimum atomic E-state index is -0.909. The van der Waals surface area contributed by atoms with Crippen molar-refractivity contribution in [3.05, 3.63) is 72.8 Å². The van der Waals surface area contributed by atoms with Crippen LogP contribution in [0.5, 0.6) is 0 Å². The second-order valence-corrected chi connectivity index (χ2v) is 5.31. The number of Topliss-reactive ketones (excluding diaryl/α,β-unsaturated/α-hetero) is 1. The zero-order valence-corrected chi connectivity index (χ0v) is 13.4. The molecule has 2 rings (SSSR count). The van der Waals surface area contributed by atoms with Crippen LogP contribution in [0.4, 0.5) is 17.1 Å². The molecule has 9 nitrogen and oxygen atoms in total. The number of nitrogens with one attached hydrogen (secondary N) is 1. The number of nitrogens with zero attached hydrogens (tertiary/aromatic N) is 2. The minimum Gasteiger partial charge on any atom is -0.322 e. The Kier molecular flexibility index (Phi) is 5.08. The molecule has 0 unspecified atom stereocenters. The van der Waals surface area contributed by atoms with Crippen molar-refractivity contribution in [2.45, 2.75) is 6.92 Å². The number of carbonyl (C=O) groups is 2. The number of rotatable bonds is 5. The monoisotopic (exact) mass is 363 g/mol. The lowest BCUT2D eigenvalue weighted by Gasteiger charge is -2.07. The Hall–Kier alpha value is -3.33. The average Bonchev–Trinajstić information content (AvgIpc) is 2.54. The molecule has 0 aliphatic carbocycles. The summed E-state index contributed by atoms with van der Waals surface area (Å²) in [6.07, 6.45) is 0. The fraction of sp³-hybridized carbons (Fsp3) is 0.0667. The van der Waals surface area contributed by atoms with Gasteiger partial charge in [0.15, 0.2) is 10.8 Å². The van der Waals surface area contributed by atoms with E-state index in [2.05, 4.69) is 5.32 Å². The highest BCUT2D eigenvalue weighted by Crippen LogP contribution is 2.35. The average molecular weight is 364 g/mol. The fourth-order valence-corrected chi connectivity index (χ4v) is 2.23. The number of carbonyl (C=O) groups excluding carboxylic acids is 2. The number of benzene rings is 2. The van der Waals surface area contributed by atoms with Crippen molar-refractivity contribution in [3.8, 4) is 0 Å². The second-order valence-electron chi connectivity index (χ2n) is 4.93. The van der Waals surface area contributed by atoms with Gasteiger partial charge in [-0.15, -0.1) is 0 Å². The van der Waals surface area contributed by atoms with Crippen LogP contribution >= 0.6 is 11.6 Å². The van der Waals surface area contributed by atoms with Crippen molar-refractivity contribution in [3.63, 3.8) is 0 Å². The van der Waals surface area contributed by atoms with Crippen molar-refractivity contribution in [1.82, 2.24) is 0 Å². The molecule has 0 heterocycles. The number of nitro benzene ring substituents is 2. The third-order valence-corrected chi connectivity index (χ3v) is 3.63. The Labute approximate surface area is 145 Å². The molecule has 0 saturated heterocycles. The van der Waals surface area contributed by atoms with E-state index < -0.39 is 32.2 Å². The zero-order valence-electron chi connectivity index (χ0n) is 12.7. The molecule has 2 aromatic rings. The quantitative estimate of drug-likeness (QED) is 0.490. The Morgan fingerprint density at radius 2 is 1.44 bits per heavy atom. The molecule has 0 aliphatic heterocycles. The predicted octanol–water partition coefficient (Wildman–Crippen LogP) is 3.61. The van der Waals surface area contributed by atoms with Gasteiger partial charge >= 0.3 is 0 Å². The van der Waals surface area contributed by atoms with Gasteiger partial charge in [0.1, 0.15) is 0 Å². The summed E-state index contributed by atoms with van der Waals surface area (Å²) in [5, 5.41) is 23.7. The molecule has 2 aromatic carbocycles. The van der Waals surface area contributed by atoms with Gasteiger partial charge in [-0.25, -0.2) is 0 Å². The van der Waals surface area contributed by atoms with Crippen molar-refractivity contribution in [1.29, 1.82) is 0 Å². The summed E-state index contributed by atoms with van der Waals surface area (Å²) in [6.45, 7) is 1.39. The van der Waals surface area contributed by atoms with Gasteiger partial charge in [-0.2, -0.15) is 0 Å². The van der Waals surface area contributed by atoms with Gasteiger partial charge in [0.05, 0.1) is 15.4 Å². The molecule has 10 heteroatoms. The van der Waals surface area contributed by atoms with Crippen LogP contribution in [0.2, 0.25) is 5.02 Å². The number of ketones is 1. The molecular weight excluding hydrogens is 354 g/mol. The molecule has 0 spiro atoms. The summed E-state index contributed by atoms with van der Waals surface area (Å²) in [4.78, 5) is 43.5. The SMILES string of the molecule is CC(=O)c1ccc(NC(=O)c2cc([N+](=O)[O-])c(Cl)c([N+](=O)[O-])c2)cc1. The molecule has 1 amide bonds. The first kappa shape index (κ1) is 18.0. The van der Waals surface area contributed by atoms with E-state index in [0.29, 0.717) is 11.3 Å². The van der Waals surface area contributed by atoms with E-state index in [4.69, 9.17) is 11.6 Å². The maximum Gasteiger partial charge on any atom is 0.295 e. The molecule has 128 valence electrons. The van der Waals surface area contributed by atoms with Crippen LogP contribution in [0.15, 0.2) is 36.4 Å². The van der Waals surface area contributed by atoms with E-state index >= 15 is 0 Å². The highest BCUT2D eigenvalue weighted by atomic mass is 35.5. The van der Waals surface area contributed by atoms with Gasteiger partial charge in [-0.1, -0.05) is 11.6 Å². The van der Waals surface area contributed by atoms with Gasteiger partial charge in [-0.05, 0) is 31.2 Å². The summed E-state index contributed by atoms with van der Waals surface area (Å²) in [5.74, 6) is -0.944. The van der Waals surface area contributed by atoms with Gasteiger partial charge in [0.25, 0.3) is 17.3 Å². The number of anilines is 1. The number of hydrogen-bond acceptors (Lipinski definition) is 6. The van der Waals surface area contributed by atoms with E-state index in [1.807, 2.05) is 0 Å². The Bertz CT molecular complexity index is 860. The van der Waals surface area contributed by atoms with Crippen molar-refractivity contribution in [2.75, 3.05) is 5.32 Å². The first-order valence-corrected chi connectivity index (χ1v) is 7.13. The van der Waals surface area contributed by atoms with Crippen LogP contribution in [0.1, 0.15) is 27.6 Å². The molecule has 0 fully saturated rings. The van der Waals surface area contributed by atoms with Crippen molar-refractivity contribution < 1.29 is 19.4 Å². The maximum atomic E-state index is 12.2. The number of hydrogen-bond donors (Lipinski definition) is 1.